The highest BCUT2D eigenvalue weighted by Gasteiger charge is 2.19. The molecule has 1 aliphatic carbocycles. The maximum Gasteiger partial charge on any atom is 0.164 e. The van der Waals surface area contributed by atoms with Crippen LogP contribution in [-0.4, -0.2) is 19.5 Å². The van der Waals surface area contributed by atoms with E-state index in [2.05, 4.69) is 144 Å². The molecule has 0 radical (unpaired) electrons. The lowest BCUT2D eigenvalue weighted by molar-refractivity contribution is 0.852. The molecular formula is C51H36N4. The van der Waals surface area contributed by atoms with Crippen molar-refractivity contribution in [2.24, 2.45) is 0 Å². The summed E-state index contributed by atoms with van der Waals surface area (Å²) in [5, 5.41) is 2.50. The van der Waals surface area contributed by atoms with Crippen molar-refractivity contribution in [1.29, 1.82) is 0 Å². The van der Waals surface area contributed by atoms with E-state index >= 15 is 0 Å². The highest BCUT2D eigenvalue weighted by molar-refractivity contribution is 6.10. The van der Waals surface area contributed by atoms with E-state index in [0.717, 1.165) is 28.8 Å². The Bertz CT molecular complexity index is 2830. The monoisotopic (exact) mass is 704 g/mol. The van der Waals surface area contributed by atoms with Gasteiger partial charge in [0.25, 0.3) is 0 Å². The molecule has 9 aromatic rings. The first-order valence-corrected chi connectivity index (χ1v) is 18.8. The van der Waals surface area contributed by atoms with Gasteiger partial charge >= 0.3 is 0 Å². The minimum atomic E-state index is 0.220. The Balaban J connectivity index is 0.998. The van der Waals surface area contributed by atoms with Gasteiger partial charge in [0, 0.05) is 39.1 Å². The van der Waals surface area contributed by atoms with Gasteiger partial charge in [0.2, 0.25) is 0 Å². The van der Waals surface area contributed by atoms with Gasteiger partial charge in [0.15, 0.2) is 17.5 Å². The van der Waals surface area contributed by atoms with Crippen molar-refractivity contribution >= 4 is 27.4 Å². The summed E-state index contributed by atoms with van der Waals surface area (Å²) in [6.07, 6.45) is 7.59. The molecule has 0 N–H and O–H groups in total. The predicted octanol–water partition coefficient (Wildman–Crippen LogP) is 12.8. The molecular weight excluding hydrogens is 669 g/mol. The first-order valence-electron chi connectivity index (χ1n) is 18.8. The summed E-state index contributed by atoms with van der Waals surface area (Å²) in [5.41, 5.74) is 12.6. The second-order valence-corrected chi connectivity index (χ2v) is 14.0. The Morgan fingerprint density at radius 3 is 1.67 bits per heavy atom. The van der Waals surface area contributed by atoms with Gasteiger partial charge in [-0.15, -0.1) is 0 Å². The smallest absolute Gasteiger partial charge is 0.164 e. The molecule has 0 spiro atoms. The third-order valence-electron chi connectivity index (χ3n) is 10.6. The molecule has 55 heavy (non-hydrogen) atoms. The van der Waals surface area contributed by atoms with Crippen LogP contribution in [-0.2, 0) is 0 Å². The van der Waals surface area contributed by atoms with Crippen molar-refractivity contribution < 1.29 is 0 Å². The molecule has 0 saturated carbocycles. The lowest BCUT2D eigenvalue weighted by atomic mass is 9.89. The van der Waals surface area contributed by atoms with Crippen molar-refractivity contribution in [2.45, 2.75) is 12.3 Å². The molecule has 4 nitrogen and oxygen atoms in total. The van der Waals surface area contributed by atoms with Gasteiger partial charge in [0.1, 0.15) is 0 Å². The average molecular weight is 705 g/mol. The number of hydrogen-bond acceptors (Lipinski definition) is 3. The molecule has 2 heterocycles. The lowest BCUT2D eigenvalue weighted by Gasteiger charge is -2.18. The highest BCUT2D eigenvalue weighted by atomic mass is 15.0. The zero-order valence-corrected chi connectivity index (χ0v) is 30.1. The summed E-state index contributed by atoms with van der Waals surface area (Å²) >= 11 is 0. The van der Waals surface area contributed by atoms with Crippen LogP contribution in [0.15, 0.2) is 200 Å². The minimum absolute atomic E-state index is 0.220. The van der Waals surface area contributed by atoms with E-state index in [1.807, 2.05) is 60.7 Å². The highest BCUT2D eigenvalue weighted by Crippen LogP contribution is 2.37. The maximum absolute atomic E-state index is 4.96. The van der Waals surface area contributed by atoms with Crippen molar-refractivity contribution in [3.05, 3.63) is 212 Å². The van der Waals surface area contributed by atoms with Gasteiger partial charge in [-0.2, -0.15) is 0 Å². The molecule has 1 atom stereocenters. The molecule has 7 aromatic carbocycles. The SMILES string of the molecule is C1=CC(c2cccc(-n3c4ccccc4c4ccc(-c5cccc(-c6ccccc6)c5)cc43)c2)CC=C1c1nc(-c2ccccc2)nc(-c2ccccc2)n1. The lowest BCUT2D eigenvalue weighted by Crippen LogP contribution is -2.05. The zero-order chi connectivity index (χ0) is 36.6. The molecule has 0 aliphatic heterocycles. The standard InChI is InChI=1S/C51H36N4/c1-4-14-35(15-5-1)40-20-12-21-41(32-40)43-30-31-46-45-24-10-11-25-47(45)55(48(46)34-43)44-23-13-22-42(33-44)36-26-28-39(29-27-36)51-53-49(37-16-6-2-7-17-37)52-50(54-51)38-18-8-3-9-19-38/h1-26,28-34,36H,27H2. The fraction of sp³-hybridized carbons (Fsp3) is 0.0392. The predicted molar refractivity (Wildman–Crippen MR) is 227 cm³/mol. The molecule has 0 bridgehead atoms. The summed E-state index contributed by atoms with van der Waals surface area (Å²) in [6.45, 7) is 0. The Hall–Kier alpha value is -7.17. The number of para-hydroxylation sites is 1. The molecule has 0 fully saturated rings. The number of hydrogen-bond donors (Lipinski definition) is 0. The first-order chi connectivity index (χ1) is 27.2. The number of nitrogens with zero attached hydrogens (tertiary/aromatic N) is 4. The van der Waals surface area contributed by atoms with Gasteiger partial charge in [-0.25, -0.2) is 15.0 Å². The molecule has 1 unspecified atom stereocenters. The van der Waals surface area contributed by atoms with Crippen LogP contribution in [0.1, 0.15) is 23.7 Å². The second-order valence-electron chi connectivity index (χ2n) is 14.0. The average Bonchev–Trinajstić information content (AvgIpc) is 3.61. The molecule has 2 aromatic heterocycles. The van der Waals surface area contributed by atoms with Gasteiger partial charge in [-0.05, 0) is 64.6 Å². The van der Waals surface area contributed by atoms with Crippen molar-refractivity contribution in [1.82, 2.24) is 19.5 Å². The van der Waals surface area contributed by atoms with E-state index < -0.39 is 0 Å². The Kier molecular flexibility index (Phi) is 8.27. The van der Waals surface area contributed by atoms with Gasteiger partial charge in [-0.3, -0.25) is 0 Å². The van der Waals surface area contributed by atoms with Crippen LogP contribution in [0, 0.1) is 0 Å². The summed E-state index contributed by atoms with van der Waals surface area (Å²) in [7, 11) is 0. The summed E-state index contributed by atoms with van der Waals surface area (Å²) in [4.78, 5) is 14.8. The topological polar surface area (TPSA) is 43.6 Å². The van der Waals surface area contributed by atoms with Crippen molar-refractivity contribution in [3.8, 4) is 50.7 Å². The fourth-order valence-corrected chi connectivity index (χ4v) is 7.80. The summed E-state index contributed by atoms with van der Waals surface area (Å²) in [6, 6.07) is 64.3. The van der Waals surface area contributed by atoms with Crippen LogP contribution >= 0.6 is 0 Å². The molecule has 260 valence electrons. The van der Waals surface area contributed by atoms with Crippen LogP contribution in [0.5, 0.6) is 0 Å². The van der Waals surface area contributed by atoms with Crippen LogP contribution in [0.4, 0.5) is 0 Å². The van der Waals surface area contributed by atoms with Gasteiger partial charge in [-0.1, -0.05) is 170 Å². The number of rotatable bonds is 7. The molecule has 0 saturated heterocycles. The Morgan fingerprint density at radius 2 is 0.982 bits per heavy atom. The number of allylic oxidation sites excluding steroid dienone is 4. The van der Waals surface area contributed by atoms with Crippen molar-refractivity contribution in [3.63, 3.8) is 0 Å². The van der Waals surface area contributed by atoms with E-state index in [9.17, 15) is 0 Å². The van der Waals surface area contributed by atoms with Crippen LogP contribution in [0.2, 0.25) is 0 Å². The van der Waals surface area contributed by atoms with E-state index in [1.165, 1.54) is 49.6 Å². The quantitative estimate of drug-likeness (QED) is 0.166. The van der Waals surface area contributed by atoms with Crippen LogP contribution in [0.3, 0.4) is 0 Å². The van der Waals surface area contributed by atoms with Crippen LogP contribution < -0.4 is 0 Å². The Morgan fingerprint density at radius 1 is 0.418 bits per heavy atom. The number of benzene rings is 7. The van der Waals surface area contributed by atoms with Gasteiger partial charge < -0.3 is 4.57 Å². The largest absolute Gasteiger partial charge is 0.309 e. The molecule has 10 rings (SSSR count). The third-order valence-corrected chi connectivity index (χ3v) is 10.6. The normalized spacial score (nSPS) is 14.0. The maximum atomic E-state index is 4.96. The van der Waals surface area contributed by atoms with E-state index in [4.69, 9.17) is 15.0 Å². The Labute approximate surface area is 320 Å². The van der Waals surface area contributed by atoms with Gasteiger partial charge in [0.05, 0.1) is 11.0 Å². The zero-order valence-electron chi connectivity index (χ0n) is 30.1. The van der Waals surface area contributed by atoms with E-state index in [0.29, 0.717) is 17.5 Å². The van der Waals surface area contributed by atoms with E-state index in [1.54, 1.807) is 0 Å². The summed E-state index contributed by atoms with van der Waals surface area (Å²) in [5.74, 6) is 2.25. The third kappa shape index (κ3) is 6.24. The molecule has 1 aliphatic rings. The van der Waals surface area contributed by atoms with E-state index in [-0.39, 0.29) is 5.92 Å². The molecule has 0 amide bonds. The first kappa shape index (κ1) is 32.5. The molecule has 4 heteroatoms. The van der Waals surface area contributed by atoms with Crippen LogP contribution in [0.25, 0.3) is 78.1 Å². The number of aromatic nitrogens is 4. The minimum Gasteiger partial charge on any atom is -0.309 e. The summed E-state index contributed by atoms with van der Waals surface area (Å²) < 4.78 is 2.42. The second kappa shape index (κ2) is 14.0. The number of fused-ring (bicyclic) bond motifs is 3. The van der Waals surface area contributed by atoms with Crippen molar-refractivity contribution in [2.75, 3.05) is 0 Å². The fourth-order valence-electron chi connectivity index (χ4n) is 7.80.